The first-order valence-corrected chi connectivity index (χ1v) is 10.7. The molecule has 0 spiro atoms. The first-order valence-electron chi connectivity index (χ1n) is 10.7. The predicted octanol–water partition coefficient (Wildman–Crippen LogP) is 2.66. The fourth-order valence-corrected chi connectivity index (χ4v) is 5.57. The number of hydrogen-bond donors (Lipinski definition) is 4. The molecule has 6 aromatic rings. The molecule has 1 aliphatic rings. The Labute approximate surface area is 186 Å². The van der Waals surface area contributed by atoms with Crippen LogP contribution in [0.25, 0.3) is 43.5 Å². The highest BCUT2D eigenvalue weighted by atomic mass is 16.4. The van der Waals surface area contributed by atoms with Crippen molar-refractivity contribution < 1.29 is 15.3 Å². The highest BCUT2D eigenvalue weighted by Gasteiger charge is 2.43. The third-order valence-electron chi connectivity index (χ3n) is 7.03. The van der Waals surface area contributed by atoms with Crippen LogP contribution in [0.4, 0.5) is 5.82 Å². The van der Waals surface area contributed by atoms with Crippen LogP contribution in [0, 0.1) is 0 Å². The van der Waals surface area contributed by atoms with E-state index < -0.39 is 24.4 Å². The van der Waals surface area contributed by atoms with Crippen LogP contribution in [0.1, 0.15) is 23.3 Å². The van der Waals surface area contributed by atoms with Gasteiger partial charge in [0.1, 0.15) is 30.2 Å². The number of nitrogens with two attached hydrogens (primary N) is 1. The highest BCUT2D eigenvalue weighted by Crippen LogP contribution is 2.47. The van der Waals surface area contributed by atoms with E-state index in [0.717, 1.165) is 37.9 Å². The van der Waals surface area contributed by atoms with Crippen molar-refractivity contribution in [2.45, 2.75) is 24.4 Å². The van der Waals surface area contributed by atoms with E-state index >= 15 is 0 Å². The van der Waals surface area contributed by atoms with E-state index in [2.05, 4.69) is 39.2 Å². The van der Waals surface area contributed by atoms with E-state index in [1.165, 1.54) is 6.33 Å². The second kappa shape index (κ2) is 6.35. The Morgan fingerprint density at radius 1 is 0.818 bits per heavy atom. The minimum atomic E-state index is -1.39. The van der Waals surface area contributed by atoms with Crippen LogP contribution in [0.15, 0.2) is 61.2 Å². The molecular formula is C25H19N5O3. The number of aromatic nitrogens is 4. The lowest BCUT2D eigenvalue weighted by atomic mass is 9.77. The van der Waals surface area contributed by atoms with Gasteiger partial charge < -0.3 is 25.6 Å². The van der Waals surface area contributed by atoms with Crippen LogP contribution >= 0.6 is 0 Å². The molecule has 0 bridgehead atoms. The number of aliphatic hydroxyl groups excluding tert-OH is 3. The maximum atomic E-state index is 11.2. The Hall–Kier alpha value is -3.85. The lowest BCUT2D eigenvalue weighted by Gasteiger charge is -2.39. The molecule has 33 heavy (non-hydrogen) atoms. The van der Waals surface area contributed by atoms with Gasteiger partial charge in [-0.05, 0) is 49.5 Å². The van der Waals surface area contributed by atoms with Crippen molar-refractivity contribution in [2.24, 2.45) is 0 Å². The Kier molecular flexibility index (Phi) is 3.60. The van der Waals surface area contributed by atoms with Crippen molar-refractivity contribution in [1.82, 2.24) is 19.5 Å². The summed E-state index contributed by atoms with van der Waals surface area (Å²) in [7, 11) is 0. The van der Waals surface area contributed by atoms with Crippen LogP contribution in [-0.2, 0) is 0 Å². The molecule has 5 N–H and O–H groups in total. The van der Waals surface area contributed by atoms with Crippen LogP contribution < -0.4 is 5.73 Å². The Morgan fingerprint density at radius 3 is 2.39 bits per heavy atom. The summed E-state index contributed by atoms with van der Waals surface area (Å²) in [6.45, 7) is 0. The second-order valence-corrected chi connectivity index (χ2v) is 8.69. The molecule has 0 saturated heterocycles. The zero-order valence-corrected chi connectivity index (χ0v) is 17.3. The number of imidazole rings is 1. The monoisotopic (exact) mass is 437 g/mol. The predicted molar refractivity (Wildman–Crippen MR) is 125 cm³/mol. The molecule has 0 amide bonds. The van der Waals surface area contributed by atoms with Gasteiger partial charge in [-0.3, -0.25) is 0 Å². The second-order valence-electron chi connectivity index (χ2n) is 8.69. The summed E-state index contributed by atoms with van der Waals surface area (Å²) in [5.74, 6) is 0.226. The molecule has 8 nitrogen and oxygen atoms in total. The quantitative estimate of drug-likeness (QED) is 0.291. The number of anilines is 1. The molecule has 162 valence electrons. The van der Waals surface area contributed by atoms with Crippen molar-refractivity contribution in [1.29, 1.82) is 0 Å². The molecule has 4 unspecified atom stereocenters. The maximum Gasteiger partial charge on any atom is 0.182 e. The zero-order chi connectivity index (χ0) is 22.4. The minimum absolute atomic E-state index is 0.226. The number of nitrogen functional groups attached to an aromatic ring is 1. The molecule has 4 atom stereocenters. The molecular weight excluding hydrogens is 418 g/mol. The number of hydrogen-bond acceptors (Lipinski definition) is 7. The summed E-state index contributed by atoms with van der Waals surface area (Å²) < 4.78 is 1.71. The minimum Gasteiger partial charge on any atom is -0.388 e. The van der Waals surface area contributed by atoms with Gasteiger partial charge in [0.15, 0.2) is 11.5 Å². The lowest BCUT2D eigenvalue weighted by molar-refractivity contribution is -0.0834. The summed E-state index contributed by atoms with van der Waals surface area (Å²) in [6, 6.07) is 15.5. The summed E-state index contributed by atoms with van der Waals surface area (Å²) in [4.78, 5) is 12.6. The molecule has 0 radical (unpaired) electrons. The first-order chi connectivity index (χ1) is 16.0. The normalized spacial score (nSPS) is 23.1. The van der Waals surface area contributed by atoms with Crippen molar-refractivity contribution in [2.75, 3.05) is 5.73 Å². The molecule has 7 rings (SSSR count). The Morgan fingerprint density at radius 2 is 1.58 bits per heavy atom. The van der Waals surface area contributed by atoms with Gasteiger partial charge >= 0.3 is 0 Å². The van der Waals surface area contributed by atoms with Crippen molar-refractivity contribution in [3.05, 3.63) is 72.3 Å². The fraction of sp³-hybridized carbons (Fsp3) is 0.160. The van der Waals surface area contributed by atoms with Gasteiger partial charge in [-0.1, -0.05) is 42.5 Å². The molecule has 2 aromatic heterocycles. The number of fused-ring (bicyclic) bond motifs is 3. The van der Waals surface area contributed by atoms with E-state index in [-0.39, 0.29) is 5.82 Å². The highest BCUT2D eigenvalue weighted by molar-refractivity contribution is 6.24. The standard InChI is InChI=1S/C25H19N5O3/c26-24-20-25(28-9-27-24)29-10-30(20)19-18-14-7-6-12-3-1-2-11-4-5-13(17(14)16(11)12)8-15(18)21(31)23(33)22(19)32/h1-10,19,21-23,31-33H,(H2,26,27,28). The van der Waals surface area contributed by atoms with Gasteiger partial charge in [0, 0.05) is 0 Å². The number of rotatable bonds is 1. The molecule has 8 heteroatoms. The van der Waals surface area contributed by atoms with E-state index in [9.17, 15) is 15.3 Å². The molecule has 2 heterocycles. The van der Waals surface area contributed by atoms with Crippen LogP contribution in [0.2, 0.25) is 0 Å². The van der Waals surface area contributed by atoms with Crippen molar-refractivity contribution in [3.63, 3.8) is 0 Å². The molecule has 0 aliphatic heterocycles. The van der Waals surface area contributed by atoms with E-state index in [4.69, 9.17) is 5.73 Å². The topological polar surface area (TPSA) is 130 Å². The van der Waals surface area contributed by atoms with Crippen LogP contribution in [0.5, 0.6) is 0 Å². The average molecular weight is 437 g/mol. The van der Waals surface area contributed by atoms with Gasteiger partial charge in [-0.25, -0.2) is 15.0 Å². The average Bonchev–Trinajstić information content (AvgIpc) is 3.26. The van der Waals surface area contributed by atoms with Gasteiger partial charge in [0.05, 0.1) is 12.4 Å². The first kappa shape index (κ1) is 18.7. The maximum absolute atomic E-state index is 11.2. The summed E-state index contributed by atoms with van der Waals surface area (Å²) in [5, 5.41) is 39.3. The molecule has 4 aromatic carbocycles. The number of benzene rings is 4. The fourth-order valence-electron chi connectivity index (χ4n) is 5.57. The Balaban J connectivity index is 1.65. The third kappa shape index (κ3) is 2.32. The SMILES string of the molecule is Nc1ncnc2ncn(C3c4c(cc5ccc6cccc7ccc4c5c67)C(O)C(O)C3O)c12. The smallest absolute Gasteiger partial charge is 0.182 e. The van der Waals surface area contributed by atoms with Crippen LogP contribution in [-0.4, -0.2) is 47.0 Å². The number of nitrogens with zero attached hydrogens (tertiary/aromatic N) is 4. The third-order valence-corrected chi connectivity index (χ3v) is 7.03. The van der Waals surface area contributed by atoms with Gasteiger partial charge in [-0.15, -0.1) is 0 Å². The van der Waals surface area contributed by atoms with E-state index in [1.54, 1.807) is 10.9 Å². The summed E-state index contributed by atoms with van der Waals surface area (Å²) in [5.41, 5.74) is 8.33. The number of aliphatic hydroxyl groups is 3. The largest absolute Gasteiger partial charge is 0.388 e. The summed E-state index contributed by atoms with van der Waals surface area (Å²) >= 11 is 0. The lowest BCUT2D eigenvalue weighted by Crippen LogP contribution is -2.44. The van der Waals surface area contributed by atoms with Crippen molar-refractivity contribution in [3.8, 4) is 0 Å². The Bertz CT molecular complexity index is 1700. The van der Waals surface area contributed by atoms with Crippen molar-refractivity contribution >= 4 is 49.3 Å². The van der Waals surface area contributed by atoms with Crippen LogP contribution in [0.3, 0.4) is 0 Å². The molecule has 0 saturated carbocycles. The van der Waals surface area contributed by atoms with Gasteiger partial charge in [0.25, 0.3) is 0 Å². The van der Waals surface area contributed by atoms with E-state index in [1.807, 2.05) is 24.3 Å². The zero-order valence-electron chi connectivity index (χ0n) is 17.3. The van der Waals surface area contributed by atoms with E-state index in [0.29, 0.717) is 16.7 Å². The summed E-state index contributed by atoms with van der Waals surface area (Å²) in [6.07, 6.45) is -1.04. The van der Waals surface area contributed by atoms with Gasteiger partial charge in [-0.2, -0.15) is 0 Å². The molecule has 1 aliphatic carbocycles. The van der Waals surface area contributed by atoms with Gasteiger partial charge in [0.2, 0.25) is 0 Å². The molecule has 0 fully saturated rings.